The van der Waals surface area contributed by atoms with Crippen LogP contribution in [-0.2, 0) is 0 Å². The molecule has 0 saturated heterocycles. The molecule has 2 aromatic rings. The molecule has 172 valence electrons. The maximum atomic E-state index is 5.93. The van der Waals surface area contributed by atoms with Gasteiger partial charge in [0, 0.05) is 5.33 Å². The molecule has 0 aliphatic heterocycles. The lowest BCUT2D eigenvalue weighted by molar-refractivity contribution is 0.304. The summed E-state index contributed by atoms with van der Waals surface area (Å²) >= 11 is 3.45. The second-order valence-electron chi connectivity index (χ2n) is 8.32. The Hall–Kier alpha value is -1.48. The Bertz CT molecular complexity index is 666. The van der Waals surface area contributed by atoms with Crippen molar-refractivity contribution in [3.05, 3.63) is 48.5 Å². The van der Waals surface area contributed by atoms with Crippen molar-refractivity contribution in [3.8, 4) is 22.6 Å². The van der Waals surface area contributed by atoms with Crippen molar-refractivity contribution in [3.63, 3.8) is 0 Å². The average Bonchev–Trinajstić information content (AvgIpc) is 2.81. The van der Waals surface area contributed by atoms with Crippen molar-refractivity contribution in [2.75, 3.05) is 18.5 Å². The van der Waals surface area contributed by atoms with Crippen LogP contribution in [0, 0.1) is 0 Å². The summed E-state index contributed by atoms with van der Waals surface area (Å²) in [5.74, 6) is 1.90. The second-order valence-corrected chi connectivity index (χ2v) is 9.12. The van der Waals surface area contributed by atoms with E-state index >= 15 is 0 Å². The molecule has 0 unspecified atom stereocenters. The Labute approximate surface area is 198 Å². The zero-order chi connectivity index (χ0) is 22.0. The van der Waals surface area contributed by atoms with E-state index in [1.807, 2.05) is 0 Å². The monoisotopic (exact) mass is 488 g/mol. The standard InChI is InChI=1S/C28H41BrO2/c1-2-3-4-5-6-7-8-9-10-12-23-30-27-18-14-25(15-19-27)26-16-20-28(21-17-26)31-24-13-11-22-29/h14-21H,2-13,22-24H2,1H3. The molecule has 0 amide bonds. The van der Waals surface area contributed by atoms with Gasteiger partial charge in [-0.1, -0.05) is 105 Å². The highest BCUT2D eigenvalue weighted by Crippen LogP contribution is 2.25. The van der Waals surface area contributed by atoms with Gasteiger partial charge in [-0.25, -0.2) is 0 Å². The highest BCUT2D eigenvalue weighted by Gasteiger charge is 2.01. The van der Waals surface area contributed by atoms with Crippen LogP contribution in [0.3, 0.4) is 0 Å². The zero-order valence-corrected chi connectivity index (χ0v) is 21.0. The summed E-state index contributed by atoms with van der Waals surface area (Å²) in [6.07, 6.45) is 15.7. The number of unbranched alkanes of at least 4 members (excludes halogenated alkanes) is 10. The fourth-order valence-corrected chi connectivity index (χ4v) is 4.05. The minimum absolute atomic E-state index is 0.774. The topological polar surface area (TPSA) is 18.5 Å². The molecule has 0 radical (unpaired) electrons. The molecular weight excluding hydrogens is 448 g/mol. The van der Waals surface area contributed by atoms with Crippen LogP contribution in [0.1, 0.15) is 84.0 Å². The number of hydrogen-bond donors (Lipinski definition) is 0. The number of hydrogen-bond acceptors (Lipinski definition) is 2. The molecule has 0 heterocycles. The fourth-order valence-electron chi connectivity index (χ4n) is 3.65. The summed E-state index contributed by atoms with van der Waals surface area (Å²) in [5, 5.41) is 1.04. The van der Waals surface area contributed by atoms with Crippen LogP contribution >= 0.6 is 15.9 Å². The lowest BCUT2D eigenvalue weighted by Crippen LogP contribution is -1.97. The lowest BCUT2D eigenvalue weighted by Gasteiger charge is -2.09. The Morgan fingerprint density at radius 2 is 0.903 bits per heavy atom. The van der Waals surface area contributed by atoms with Crippen LogP contribution in [0.5, 0.6) is 11.5 Å². The maximum Gasteiger partial charge on any atom is 0.119 e. The molecule has 0 bridgehead atoms. The van der Waals surface area contributed by atoms with Crippen molar-refractivity contribution in [2.45, 2.75) is 84.0 Å². The van der Waals surface area contributed by atoms with Gasteiger partial charge in [0.05, 0.1) is 13.2 Å². The van der Waals surface area contributed by atoms with E-state index < -0.39 is 0 Å². The van der Waals surface area contributed by atoms with E-state index in [1.54, 1.807) is 0 Å². The van der Waals surface area contributed by atoms with Crippen molar-refractivity contribution >= 4 is 15.9 Å². The summed E-state index contributed by atoms with van der Waals surface area (Å²) in [4.78, 5) is 0. The number of benzene rings is 2. The van der Waals surface area contributed by atoms with Gasteiger partial charge in [0.2, 0.25) is 0 Å². The summed E-state index contributed by atoms with van der Waals surface area (Å²) in [5.41, 5.74) is 2.41. The first kappa shape index (κ1) is 25.8. The summed E-state index contributed by atoms with van der Waals surface area (Å²) in [6, 6.07) is 16.8. The number of rotatable bonds is 18. The molecule has 0 spiro atoms. The fraction of sp³-hybridized carbons (Fsp3) is 0.571. The Morgan fingerprint density at radius 3 is 1.32 bits per heavy atom. The Kier molecular flexibility index (Phi) is 14.2. The van der Waals surface area contributed by atoms with Crippen LogP contribution < -0.4 is 9.47 Å². The molecule has 0 aliphatic rings. The molecule has 31 heavy (non-hydrogen) atoms. The van der Waals surface area contributed by atoms with E-state index in [-0.39, 0.29) is 0 Å². The van der Waals surface area contributed by atoms with Crippen LogP contribution in [0.2, 0.25) is 0 Å². The molecular formula is C28H41BrO2. The van der Waals surface area contributed by atoms with Crippen LogP contribution in [0.15, 0.2) is 48.5 Å². The normalized spacial score (nSPS) is 10.9. The van der Waals surface area contributed by atoms with Gasteiger partial charge < -0.3 is 9.47 Å². The van der Waals surface area contributed by atoms with Gasteiger partial charge in [-0.3, -0.25) is 0 Å². The molecule has 2 nitrogen and oxygen atoms in total. The smallest absolute Gasteiger partial charge is 0.119 e. The highest BCUT2D eigenvalue weighted by molar-refractivity contribution is 9.09. The SMILES string of the molecule is CCCCCCCCCCCCOc1ccc(-c2ccc(OCCCCBr)cc2)cc1. The Balaban J connectivity index is 1.58. The highest BCUT2D eigenvalue weighted by atomic mass is 79.9. The minimum Gasteiger partial charge on any atom is -0.494 e. The molecule has 2 rings (SSSR count). The summed E-state index contributed by atoms with van der Waals surface area (Å²) in [7, 11) is 0. The van der Waals surface area contributed by atoms with Gasteiger partial charge in [0.25, 0.3) is 0 Å². The average molecular weight is 490 g/mol. The molecule has 2 aromatic carbocycles. The van der Waals surface area contributed by atoms with E-state index in [9.17, 15) is 0 Å². The van der Waals surface area contributed by atoms with E-state index in [0.29, 0.717) is 0 Å². The molecule has 3 heteroatoms. The van der Waals surface area contributed by atoms with Gasteiger partial charge in [-0.15, -0.1) is 0 Å². The van der Waals surface area contributed by atoms with E-state index in [2.05, 4.69) is 71.4 Å². The van der Waals surface area contributed by atoms with Gasteiger partial charge >= 0.3 is 0 Å². The third-order valence-corrected chi connectivity index (χ3v) is 6.17. The van der Waals surface area contributed by atoms with Crippen LogP contribution in [0.4, 0.5) is 0 Å². The quantitative estimate of drug-likeness (QED) is 0.153. The first-order valence-corrected chi connectivity index (χ1v) is 13.5. The first-order chi connectivity index (χ1) is 15.3. The van der Waals surface area contributed by atoms with Crippen molar-refractivity contribution in [2.24, 2.45) is 0 Å². The molecule has 0 aromatic heterocycles. The van der Waals surface area contributed by atoms with Gasteiger partial charge in [0.15, 0.2) is 0 Å². The summed E-state index contributed by atoms with van der Waals surface area (Å²) < 4.78 is 11.7. The molecule has 0 fully saturated rings. The third kappa shape index (κ3) is 11.6. The minimum atomic E-state index is 0.774. The third-order valence-electron chi connectivity index (χ3n) is 5.61. The van der Waals surface area contributed by atoms with Crippen LogP contribution in [-0.4, -0.2) is 18.5 Å². The van der Waals surface area contributed by atoms with Crippen molar-refractivity contribution < 1.29 is 9.47 Å². The molecule has 0 atom stereocenters. The first-order valence-electron chi connectivity index (χ1n) is 12.4. The summed E-state index contributed by atoms with van der Waals surface area (Å²) in [6.45, 7) is 3.87. The van der Waals surface area contributed by atoms with E-state index in [0.717, 1.165) is 49.3 Å². The zero-order valence-electron chi connectivity index (χ0n) is 19.4. The van der Waals surface area contributed by atoms with E-state index in [1.165, 1.54) is 68.9 Å². The van der Waals surface area contributed by atoms with Crippen molar-refractivity contribution in [1.82, 2.24) is 0 Å². The van der Waals surface area contributed by atoms with Crippen LogP contribution in [0.25, 0.3) is 11.1 Å². The molecule has 0 saturated carbocycles. The van der Waals surface area contributed by atoms with Crippen molar-refractivity contribution in [1.29, 1.82) is 0 Å². The second kappa shape index (κ2) is 17.1. The van der Waals surface area contributed by atoms with Gasteiger partial charge in [-0.05, 0) is 54.7 Å². The number of alkyl halides is 1. The molecule has 0 N–H and O–H groups in total. The number of halogens is 1. The Morgan fingerprint density at radius 1 is 0.516 bits per heavy atom. The number of ether oxygens (including phenoxy) is 2. The predicted molar refractivity (Wildman–Crippen MR) is 138 cm³/mol. The molecule has 0 aliphatic carbocycles. The van der Waals surface area contributed by atoms with Gasteiger partial charge in [0.1, 0.15) is 11.5 Å². The largest absolute Gasteiger partial charge is 0.494 e. The van der Waals surface area contributed by atoms with Gasteiger partial charge in [-0.2, -0.15) is 0 Å². The lowest BCUT2D eigenvalue weighted by atomic mass is 10.1. The maximum absolute atomic E-state index is 5.93. The van der Waals surface area contributed by atoms with E-state index in [4.69, 9.17) is 9.47 Å². The predicted octanol–water partition coefficient (Wildman–Crippen LogP) is 9.21.